The average Bonchev–Trinajstić information content (AvgIpc) is 3.05. The molecule has 2 nitrogen and oxygen atoms in total. The zero-order chi connectivity index (χ0) is 17.2. The first-order valence-corrected chi connectivity index (χ1v) is 9.82. The minimum Gasteiger partial charge on any atom is -0.366 e. The molecule has 4 rings (SSSR count). The van der Waals surface area contributed by atoms with E-state index in [1.807, 2.05) is 0 Å². The predicted octanol–water partition coefficient (Wildman–Crippen LogP) is 4.29. The second-order valence-electron chi connectivity index (χ2n) is 8.15. The van der Waals surface area contributed by atoms with Crippen LogP contribution >= 0.6 is 0 Å². The molecule has 2 heteroatoms. The summed E-state index contributed by atoms with van der Waals surface area (Å²) in [5.74, 6) is 1.53. The van der Waals surface area contributed by atoms with E-state index < -0.39 is 0 Å². The fraction of sp³-hybridized carbons (Fsp3) is 0.478. The largest absolute Gasteiger partial charge is 0.366 e. The highest BCUT2D eigenvalue weighted by atomic mass is 15.2. The molecule has 2 aromatic rings. The van der Waals surface area contributed by atoms with E-state index in [9.17, 15) is 0 Å². The first-order chi connectivity index (χ1) is 12.2. The van der Waals surface area contributed by atoms with Crippen LogP contribution in [-0.2, 0) is 12.8 Å². The molecule has 0 saturated carbocycles. The third-order valence-electron chi connectivity index (χ3n) is 6.14. The lowest BCUT2D eigenvalue weighted by molar-refractivity contribution is 0.242. The second kappa shape index (κ2) is 7.21. The van der Waals surface area contributed by atoms with Crippen LogP contribution in [0.4, 0.5) is 5.69 Å². The van der Waals surface area contributed by atoms with Crippen LogP contribution in [0, 0.1) is 11.8 Å². The molecule has 1 heterocycles. The Labute approximate surface area is 152 Å². The van der Waals surface area contributed by atoms with E-state index in [-0.39, 0.29) is 0 Å². The van der Waals surface area contributed by atoms with Crippen molar-refractivity contribution in [2.75, 3.05) is 18.0 Å². The third-order valence-corrected chi connectivity index (χ3v) is 6.14. The highest BCUT2D eigenvalue weighted by molar-refractivity contribution is 5.50. The number of nitrogens with one attached hydrogen (secondary N) is 1. The van der Waals surface area contributed by atoms with Gasteiger partial charge in [0.05, 0.1) is 0 Å². The zero-order valence-electron chi connectivity index (χ0n) is 15.5. The maximum atomic E-state index is 3.82. The Balaban J connectivity index is 1.56. The fourth-order valence-electron chi connectivity index (χ4n) is 4.73. The van der Waals surface area contributed by atoms with Gasteiger partial charge in [-0.05, 0) is 60.9 Å². The Morgan fingerprint density at radius 1 is 0.920 bits per heavy atom. The van der Waals surface area contributed by atoms with Crippen LogP contribution < -0.4 is 10.2 Å². The van der Waals surface area contributed by atoms with Gasteiger partial charge in [-0.15, -0.1) is 0 Å². The van der Waals surface area contributed by atoms with Crippen molar-refractivity contribution in [1.82, 2.24) is 5.32 Å². The highest BCUT2D eigenvalue weighted by Crippen LogP contribution is 2.30. The van der Waals surface area contributed by atoms with Crippen molar-refractivity contribution in [1.29, 1.82) is 0 Å². The summed E-state index contributed by atoms with van der Waals surface area (Å²) in [5.41, 5.74) is 4.44. The molecule has 0 radical (unpaired) electrons. The lowest BCUT2D eigenvalue weighted by Gasteiger charge is -2.40. The second-order valence-corrected chi connectivity index (χ2v) is 8.15. The molecule has 1 saturated heterocycles. The Kier molecular flexibility index (Phi) is 4.80. The molecule has 3 atom stereocenters. The lowest BCUT2D eigenvalue weighted by atomic mass is 9.86. The van der Waals surface area contributed by atoms with Crippen LogP contribution in [0.2, 0.25) is 0 Å². The topological polar surface area (TPSA) is 15.3 Å². The maximum Gasteiger partial charge on any atom is 0.0371 e. The van der Waals surface area contributed by atoms with Gasteiger partial charge in [0.2, 0.25) is 0 Å². The molecule has 132 valence electrons. The van der Waals surface area contributed by atoms with Crippen molar-refractivity contribution in [2.45, 2.75) is 45.2 Å². The van der Waals surface area contributed by atoms with E-state index in [1.54, 1.807) is 0 Å². The summed E-state index contributed by atoms with van der Waals surface area (Å²) < 4.78 is 0. The van der Waals surface area contributed by atoms with Gasteiger partial charge in [0.15, 0.2) is 0 Å². The molecular formula is C23H30N2. The van der Waals surface area contributed by atoms with E-state index in [0.29, 0.717) is 12.1 Å². The molecule has 2 aromatic carbocycles. The summed E-state index contributed by atoms with van der Waals surface area (Å²) in [6, 6.07) is 21.2. The predicted molar refractivity (Wildman–Crippen MR) is 106 cm³/mol. The maximum absolute atomic E-state index is 3.82. The van der Waals surface area contributed by atoms with Crippen LogP contribution in [0.1, 0.15) is 31.4 Å². The van der Waals surface area contributed by atoms with Gasteiger partial charge in [0.25, 0.3) is 0 Å². The molecule has 1 fully saturated rings. The Bertz CT molecular complexity index is 671. The number of piperidine rings is 1. The van der Waals surface area contributed by atoms with Crippen molar-refractivity contribution in [3.8, 4) is 0 Å². The van der Waals surface area contributed by atoms with Gasteiger partial charge < -0.3 is 10.2 Å². The molecule has 0 amide bonds. The lowest BCUT2D eigenvalue weighted by Crippen LogP contribution is -2.52. The van der Waals surface area contributed by atoms with Gasteiger partial charge in [-0.1, -0.05) is 56.3 Å². The van der Waals surface area contributed by atoms with Gasteiger partial charge in [-0.25, -0.2) is 0 Å². The molecular weight excluding hydrogens is 304 g/mol. The molecule has 0 spiro atoms. The fourth-order valence-corrected chi connectivity index (χ4v) is 4.73. The highest BCUT2D eigenvalue weighted by Gasteiger charge is 2.32. The van der Waals surface area contributed by atoms with Gasteiger partial charge in [0.1, 0.15) is 0 Å². The SMILES string of the molecule is CC1CNC(CN(c2ccccc2)C2Cc3ccccc3C2)C(C)C1. The molecule has 25 heavy (non-hydrogen) atoms. The van der Waals surface area contributed by atoms with Gasteiger partial charge in [0, 0.05) is 24.3 Å². The number of anilines is 1. The number of rotatable bonds is 4. The van der Waals surface area contributed by atoms with Crippen LogP contribution in [0.5, 0.6) is 0 Å². The summed E-state index contributed by atoms with van der Waals surface area (Å²) in [5, 5.41) is 3.82. The normalized spacial score (nSPS) is 26.4. The summed E-state index contributed by atoms with van der Waals surface area (Å²) in [7, 11) is 0. The van der Waals surface area contributed by atoms with Crippen LogP contribution in [0.15, 0.2) is 54.6 Å². The number of para-hydroxylation sites is 1. The average molecular weight is 335 g/mol. The smallest absolute Gasteiger partial charge is 0.0371 e. The van der Waals surface area contributed by atoms with Crippen LogP contribution in [-0.4, -0.2) is 25.2 Å². The standard InChI is InChI=1S/C23H30N2/c1-17-12-18(2)23(24-15-17)16-25(21-10-4-3-5-11-21)22-13-19-8-6-7-9-20(19)14-22/h3-11,17-18,22-24H,12-16H2,1-2H3. The van der Waals surface area contributed by atoms with Crippen LogP contribution in [0.3, 0.4) is 0 Å². The molecule has 1 aliphatic heterocycles. The summed E-state index contributed by atoms with van der Waals surface area (Å²) in [4.78, 5) is 2.67. The molecule has 0 bridgehead atoms. The number of benzene rings is 2. The molecule has 3 unspecified atom stereocenters. The quantitative estimate of drug-likeness (QED) is 0.897. The molecule has 2 aliphatic rings. The first kappa shape index (κ1) is 16.7. The summed E-state index contributed by atoms with van der Waals surface area (Å²) in [6.07, 6.45) is 3.68. The van der Waals surface area contributed by atoms with E-state index >= 15 is 0 Å². The van der Waals surface area contributed by atoms with Crippen molar-refractivity contribution < 1.29 is 0 Å². The molecule has 1 aliphatic carbocycles. The first-order valence-electron chi connectivity index (χ1n) is 9.82. The Morgan fingerprint density at radius 2 is 1.56 bits per heavy atom. The van der Waals surface area contributed by atoms with Crippen molar-refractivity contribution in [3.63, 3.8) is 0 Å². The molecule has 1 N–H and O–H groups in total. The number of nitrogens with zero attached hydrogens (tertiary/aromatic N) is 1. The van der Waals surface area contributed by atoms with Crippen LogP contribution in [0.25, 0.3) is 0 Å². The van der Waals surface area contributed by atoms with E-state index in [1.165, 1.54) is 36.1 Å². The zero-order valence-corrected chi connectivity index (χ0v) is 15.5. The molecule has 0 aromatic heterocycles. The van der Waals surface area contributed by atoms with E-state index in [0.717, 1.165) is 24.9 Å². The van der Waals surface area contributed by atoms with Crippen molar-refractivity contribution >= 4 is 5.69 Å². The van der Waals surface area contributed by atoms with Crippen molar-refractivity contribution in [2.24, 2.45) is 11.8 Å². The van der Waals surface area contributed by atoms with E-state index in [2.05, 4.69) is 78.7 Å². The minimum absolute atomic E-state index is 0.577. The van der Waals surface area contributed by atoms with Gasteiger partial charge >= 0.3 is 0 Å². The number of fused-ring (bicyclic) bond motifs is 1. The monoisotopic (exact) mass is 334 g/mol. The van der Waals surface area contributed by atoms with Gasteiger partial charge in [-0.2, -0.15) is 0 Å². The Morgan fingerprint density at radius 3 is 2.20 bits per heavy atom. The van der Waals surface area contributed by atoms with Crippen molar-refractivity contribution in [3.05, 3.63) is 65.7 Å². The number of hydrogen-bond acceptors (Lipinski definition) is 2. The summed E-state index contributed by atoms with van der Waals surface area (Å²) in [6.45, 7) is 7.04. The third kappa shape index (κ3) is 3.59. The summed E-state index contributed by atoms with van der Waals surface area (Å²) >= 11 is 0. The van der Waals surface area contributed by atoms with E-state index in [4.69, 9.17) is 0 Å². The number of hydrogen-bond donors (Lipinski definition) is 1. The minimum atomic E-state index is 0.577. The van der Waals surface area contributed by atoms with Gasteiger partial charge in [-0.3, -0.25) is 0 Å². The Hall–Kier alpha value is -1.80.